The quantitative estimate of drug-likeness (QED) is 0.602. The predicted octanol–water partition coefficient (Wildman–Crippen LogP) is 1.62. The Morgan fingerprint density at radius 3 is 1.47 bits per heavy atom. The van der Waals surface area contributed by atoms with Gasteiger partial charge in [-0.3, -0.25) is 19.2 Å². The van der Waals surface area contributed by atoms with Crippen LogP contribution in [0, 0.1) is 11.6 Å². The van der Waals surface area contributed by atoms with Crippen molar-refractivity contribution in [3.63, 3.8) is 0 Å². The van der Waals surface area contributed by atoms with Crippen LogP contribution in [0.3, 0.4) is 0 Å². The summed E-state index contributed by atoms with van der Waals surface area (Å²) in [7, 11) is 0. The van der Waals surface area contributed by atoms with Gasteiger partial charge in [0.15, 0.2) is 0 Å². The first-order valence-corrected chi connectivity index (χ1v) is 9.01. The molecule has 2 aromatic carbocycles. The van der Waals surface area contributed by atoms with Crippen molar-refractivity contribution < 1.29 is 33.2 Å². The summed E-state index contributed by atoms with van der Waals surface area (Å²) in [6.45, 7) is 0. The molecule has 4 rings (SSSR count). The molecule has 0 aliphatic carbocycles. The lowest BCUT2D eigenvalue weighted by Crippen LogP contribution is -2.49. The van der Waals surface area contributed by atoms with Crippen LogP contribution in [0.25, 0.3) is 0 Å². The number of halogens is 2. The number of hydrogen-bond acceptors (Lipinski definition) is 6. The molecule has 2 unspecified atom stereocenters. The standard InChI is InChI=1S/C20H15F2N3O5/c21-11-5-1-3-7-13(11)23-17(26)9-15(19(23)28)25(30)16-10-18(27)24(20(16)29)14-8-4-2-6-12(14)22/h1-8,15-16,30H,9-10H2. The first kappa shape index (κ1) is 19.8. The van der Waals surface area contributed by atoms with Gasteiger partial charge < -0.3 is 5.21 Å². The number of rotatable bonds is 4. The highest BCUT2D eigenvalue weighted by atomic mass is 19.1. The molecule has 2 saturated heterocycles. The minimum absolute atomic E-state index is 0.273. The lowest BCUT2D eigenvalue weighted by atomic mass is 10.1. The van der Waals surface area contributed by atoms with Gasteiger partial charge in [0.2, 0.25) is 11.8 Å². The number of benzene rings is 2. The second kappa shape index (κ2) is 7.39. The van der Waals surface area contributed by atoms with Crippen molar-refractivity contribution in [1.29, 1.82) is 0 Å². The van der Waals surface area contributed by atoms with Crippen LogP contribution < -0.4 is 9.80 Å². The highest BCUT2D eigenvalue weighted by molar-refractivity contribution is 6.24. The van der Waals surface area contributed by atoms with Gasteiger partial charge in [0.1, 0.15) is 23.7 Å². The normalized spacial score (nSPS) is 22.0. The van der Waals surface area contributed by atoms with Crippen molar-refractivity contribution in [2.75, 3.05) is 9.80 Å². The van der Waals surface area contributed by atoms with E-state index in [0.717, 1.165) is 12.1 Å². The number of carbonyl (C=O) groups is 4. The van der Waals surface area contributed by atoms with E-state index >= 15 is 0 Å². The van der Waals surface area contributed by atoms with E-state index in [1.165, 1.54) is 36.4 Å². The average Bonchev–Trinajstić information content (AvgIpc) is 3.18. The van der Waals surface area contributed by atoms with E-state index in [-0.39, 0.29) is 11.4 Å². The van der Waals surface area contributed by atoms with E-state index in [0.29, 0.717) is 14.9 Å². The number of carbonyl (C=O) groups excluding carboxylic acids is 4. The number of hydrogen-bond donors (Lipinski definition) is 1. The SMILES string of the molecule is O=C1CC(N(O)C2CC(=O)N(c3ccccc3F)C2=O)C(=O)N1c1ccccc1F. The minimum Gasteiger partial charge on any atom is -0.312 e. The fourth-order valence-electron chi connectivity index (χ4n) is 3.63. The topological polar surface area (TPSA) is 98.2 Å². The molecule has 154 valence electrons. The molecule has 0 aromatic heterocycles. The van der Waals surface area contributed by atoms with Gasteiger partial charge in [0.25, 0.3) is 11.8 Å². The van der Waals surface area contributed by atoms with Crippen molar-refractivity contribution in [3.05, 3.63) is 60.2 Å². The largest absolute Gasteiger partial charge is 0.312 e. The van der Waals surface area contributed by atoms with Gasteiger partial charge in [-0.25, -0.2) is 18.6 Å². The Morgan fingerprint density at radius 2 is 1.10 bits per heavy atom. The number of anilines is 2. The zero-order valence-electron chi connectivity index (χ0n) is 15.4. The first-order chi connectivity index (χ1) is 14.3. The van der Waals surface area contributed by atoms with E-state index in [2.05, 4.69) is 0 Å². The summed E-state index contributed by atoms with van der Waals surface area (Å²) in [5.74, 6) is -5.01. The maximum Gasteiger partial charge on any atom is 0.254 e. The third-order valence-corrected chi connectivity index (χ3v) is 5.07. The molecule has 0 radical (unpaired) electrons. The third-order valence-electron chi connectivity index (χ3n) is 5.07. The molecule has 2 atom stereocenters. The van der Waals surface area contributed by atoms with Crippen LogP contribution >= 0.6 is 0 Å². The molecular weight excluding hydrogens is 400 g/mol. The van der Waals surface area contributed by atoms with Crippen molar-refractivity contribution >= 4 is 35.0 Å². The fraction of sp³-hybridized carbons (Fsp3) is 0.200. The molecule has 0 saturated carbocycles. The maximum absolute atomic E-state index is 14.0. The summed E-state index contributed by atoms with van der Waals surface area (Å²) in [5.41, 5.74) is -0.546. The Labute approximate surface area is 168 Å². The van der Waals surface area contributed by atoms with Crippen molar-refractivity contribution in [2.24, 2.45) is 0 Å². The van der Waals surface area contributed by atoms with Crippen molar-refractivity contribution in [2.45, 2.75) is 24.9 Å². The second-order valence-corrected chi connectivity index (χ2v) is 6.86. The first-order valence-electron chi connectivity index (χ1n) is 9.01. The van der Waals surface area contributed by atoms with Crippen LogP contribution in [0.5, 0.6) is 0 Å². The summed E-state index contributed by atoms with van der Waals surface area (Å²) in [6, 6.07) is 7.30. The molecule has 2 heterocycles. The van der Waals surface area contributed by atoms with E-state index < -0.39 is 60.2 Å². The number of nitrogens with zero attached hydrogens (tertiary/aromatic N) is 3. The molecule has 4 amide bonds. The summed E-state index contributed by atoms with van der Waals surface area (Å²) >= 11 is 0. The maximum atomic E-state index is 14.0. The zero-order chi connectivity index (χ0) is 21.6. The smallest absolute Gasteiger partial charge is 0.254 e. The van der Waals surface area contributed by atoms with Crippen molar-refractivity contribution in [1.82, 2.24) is 5.06 Å². The molecule has 0 spiro atoms. The Kier molecular flexibility index (Phi) is 4.88. The molecular formula is C20H15F2N3O5. The van der Waals surface area contributed by atoms with Gasteiger partial charge in [-0.05, 0) is 24.3 Å². The zero-order valence-corrected chi connectivity index (χ0v) is 15.4. The Morgan fingerprint density at radius 1 is 0.733 bits per heavy atom. The molecule has 2 fully saturated rings. The van der Waals surface area contributed by atoms with Crippen LogP contribution in [0.1, 0.15) is 12.8 Å². The number of hydroxylamine groups is 2. The monoisotopic (exact) mass is 415 g/mol. The average molecular weight is 415 g/mol. The van der Waals surface area contributed by atoms with Gasteiger partial charge in [0, 0.05) is 0 Å². The molecule has 30 heavy (non-hydrogen) atoms. The van der Waals surface area contributed by atoms with Gasteiger partial charge in [-0.2, -0.15) is 5.06 Å². The van der Waals surface area contributed by atoms with Gasteiger partial charge in [-0.15, -0.1) is 0 Å². The molecule has 2 aliphatic rings. The number of amides is 4. The van der Waals surface area contributed by atoms with Crippen LogP contribution in [0.4, 0.5) is 20.2 Å². The number of imide groups is 2. The fourth-order valence-corrected chi connectivity index (χ4v) is 3.63. The molecule has 1 N–H and O–H groups in total. The third kappa shape index (κ3) is 3.06. The van der Waals surface area contributed by atoms with E-state index in [1.54, 1.807) is 0 Å². The van der Waals surface area contributed by atoms with Crippen LogP contribution in [-0.2, 0) is 19.2 Å². The highest BCUT2D eigenvalue weighted by Crippen LogP contribution is 2.32. The predicted molar refractivity (Wildman–Crippen MR) is 98.2 cm³/mol. The Balaban J connectivity index is 1.59. The lowest BCUT2D eigenvalue weighted by molar-refractivity contribution is -0.172. The highest BCUT2D eigenvalue weighted by Gasteiger charge is 2.51. The molecule has 8 nitrogen and oxygen atoms in total. The molecule has 0 bridgehead atoms. The number of para-hydroxylation sites is 2. The summed E-state index contributed by atoms with van der Waals surface area (Å²) in [4.78, 5) is 51.3. The van der Waals surface area contributed by atoms with E-state index in [4.69, 9.17) is 0 Å². The van der Waals surface area contributed by atoms with Gasteiger partial charge in [0.05, 0.1) is 24.2 Å². The lowest BCUT2D eigenvalue weighted by Gasteiger charge is -2.25. The van der Waals surface area contributed by atoms with Gasteiger partial charge >= 0.3 is 0 Å². The summed E-state index contributed by atoms with van der Waals surface area (Å²) in [5, 5.41) is 10.9. The van der Waals surface area contributed by atoms with Crippen molar-refractivity contribution in [3.8, 4) is 0 Å². The van der Waals surface area contributed by atoms with Crippen LogP contribution in [-0.4, -0.2) is 46.0 Å². The molecule has 2 aromatic rings. The summed E-state index contributed by atoms with van der Waals surface area (Å²) < 4.78 is 28.1. The second-order valence-electron chi connectivity index (χ2n) is 6.86. The molecule has 10 heteroatoms. The van der Waals surface area contributed by atoms with Crippen LogP contribution in [0.15, 0.2) is 48.5 Å². The van der Waals surface area contributed by atoms with Gasteiger partial charge in [-0.1, -0.05) is 24.3 Å². The molecule has 2 aliphatic heterocycles. The Bertz CT molecular complexity index is 992. The Hall–Kier alpha value is -3.50. The summed E-state index contributed by atoms with van der Waals surface area (Å²) in [6.07, 6.45) is -1.03. The van der Waals surface area contributed by atoms with Crippen LogP contribution in [0.2, 0.25) is 0 Å². The van der Waals surface area contributed by atoms with E-state index in [1.807, 2.05) is 0 Å². The van der Waals surface area contributed by atoms with E-state index in [9.17, 15) is 33.2 Å². The minimum atomic E-state index is -1.49.